The third kappa shape index (κ3) is 3.73. The van der Waals surface area contributed by atoms with Crippen LogP contribution in [0.2, 0.25) is 0 Å². The van der Waals surface area contributed by atoms with Gasteiger partial charge in [-0.1, -0.05) is 6.07 Å². The summed E-state index contributed by atoms with van der Waals surface area (Å²) in [5.74, 6) is 0.727. The predicted molar refractivity (Wildman–Crippen MR) is 103 cm³/mol. The Hall–Kier alpha value is -2.78. The van der Waals surface area contributed by atoms with Gasteiger partial charge in [-0.05, 0) is 61.4 Å². The molecule has 3 rings (SSSR count). The molecule has 0 saturated carbocycles. The van der Waals surface area contributed by atoms with Crippen molar-refractivity contribution in [3.63, 3.8) is 0 Å². The summed E-state index contributed by atoms with van der Waals surface area (Å²) in [6.07, 6.45) is 0. The highest BCUT2D eigenvalue weighted by Crippen LogP contribution is 2.25. The molecule has 0 aromatic heterocycles. The molecule has 2 amide bonds. The maximum absolute atomic E-state index is 12.9. The Bertz CT molecular complexity index is 887. The molecule has 1 heterocycles. The van der Waals surface area contributed by atoms with Crippen LogP contribution in [-0.4, -0.2) is 34.4 Å². The molecule has 1 fully saturated rings. The summed E-state index contributed by atoms with van der Waals surface area (Å²) >= 11 is 1.57. The molecule has 6 heteroatoms. The number of nitrogens with zero attached hydrogens (tertiary/aromatic N) is 2. The SMILES string of the molecule is Cc1ccc(C(=O)N2CSCC2C(=O)Nc2ccc(C#N)cc2)cc1C. The van der Waals surface area contributed by atoms with Crippen molar-refractivity contribution in [3.8, 4) is 6.07 Å². The van der Waals surface area contributed by atoms with Gasteiger partial charge >= 0.3 is 0 Å². The van der Waals surface area contributed by atoms with E-state index in [0.29, 0.717) is 28.4 Å². The lowest BCUT2D eigenvalue weighted by atomic mass is 10.1. The highest BCUT2D eigenvalue weighted by molar-refractivity contribution is 7.99. The van der Waals surface area contributed by atoms with E-state index in [2.05, 4.69) is 5.32 Å². The van der Waals surface area contributed by atoms with Gasteiger partial charge in [-0.25, -0.2) is 0 Å². The van der Waals surface area contributed by atoms with E-state index in [1.54, 1.807) is 40.9 Å². The van der Waals surface area contributed by atoms with Crippen molar-refractivity contribution in [3.05, 3.63) is 64.7 Å². The molecule has 26 heavy (non-hydrogen) atoms. The Balaban J connectivity index is 1.74. The van der Waals surface area contributed by atoms with Gasteiger partial charge in [0.25, 0.3) is 5.91 Å². The molecule has 0 bridgehead atoms. The summed E-state index contributed by atoms with van der Waals surface area (Å²) in [4.78, 5) is 27.1. The smallest absolute Gasteiger partial charge is 0.255 e. The zero-order chi connectivity index (χ0) is 18.7. The molecule has 0 spiro atoms. The zero-order valence-electron chi connectivity index (χ0n) is 14.7. The Morgan fingerprint density at radius 1 is 1.15 bits per heavy atom. The number of hydrogen-bond donors (Lipinski definition) is 1. The number of benzene rings is 2. The monoisotopic (exact) mass is 365 g/mol. The van der Waals surface area contributed by atoms with E-state index in [4.69, 9.17) is 5.26 Å². The van der Waals surface area contributed by atoms with E-state index in [0.717, 1.165) is 11.1 Å². The fourth-order valence-corrected chi connectivity index (χ4v) is 3.91. The minimum Gasteiger partial charge on any atom is -0.324 e. The fraction of sp³-hybridized carbons (Fsp3) is 0.250. The quantitative estimate of drug-likeness (QED) is 0.905. The van der Waals surface area contributed by atoms with Crippen LogP contribution in [0.5, 0.6) is 0 Å². The third-order valence-electron chi connectivity index (χ3n) is 4.48. The maximum Gasteiger partial charge on any atom is 0.255 e. The second-order valence-electron chi connectivity index (χ2n) is 6.27. The number of aryl methyl sites for hydroxylation is 2. The van der Waals surface area contributed by atoms with Gasteiger partial charge in [0.15, 0.2) is 0 Å². The summed E-state index contributed by atoms with van der Waals surface area (Å²) in [7, 11) is 0. The molecule has 1 aliphatic heterocycles. The number of hydrogen-bond acceptors (Lipinski definition) is 4. The Kier molecular flexibility index (Phi) is 5.29. The molecular weight excluding hydrogens is 346 g/mol. The first kappa shape index (κ1) is 18.0. The molecule has 2 aromatic carbocycles. The minimum atomic E-state index is -0.509. The molecule has 1 N–H and O–H groups in total. The lowest BCUT2D eigenvalue weighted by molar-refractivity contribution is -0.119. The van der Waals surface area contributed by atoms with Crippen LogP contribution in [0.3, 0.4) is 0 Å². The summed E-state index contributed by atoms with van der Waals surface area (Å²) in [5.41, 5.74) is 3.94. The van der Waals surface area contributed by atoms with E-state index in [9.17, 15) is 9.59 Å². The number of carbonyl (C=O) groups excluding carboxylic acids is 2. The van der Waals surface area contributed by atoms with Crippen molar-refractivity contribution in [2.24, 2.45) is 0 Å². The molecule has 1 unspecified atom stereocenters. The van der Waals surface area contributed by atoms with E-state index in [1.807, 2.05) is 38.1 Å². The van der Waals surface area contributed by atoms with Crippen LogP contribution in [0.15, 0.2) is 42.5 Å². The molecule has 0 aliphatic carbocycles. The Morgan fingerprint density at radius 3 is 2.54 bits per heavy atom. The van der Waals surface area contributed by atoms with Crippen LogP contribution < -0.4 is 5.32 Å². The summed E-state index contributed by atoms with van der Waals surface area (Å²) < 4.78 is 0. The minimum absolute atomic E-state index is 0.127. The van der Waals surface area contributed by atoms with Crippen molar-refractivity contribution in [2.45, 2.75) is 19.9 Å². The normalized spacial score (nSPS) is 16.2. The van der Waals surface area contributed by atoms with Gasteiger partial charge in [-0.3, -0.25) is 9.59 Å². The lowest BCUT2D eigenvalue weighted by Gasteiger charge is -2.23. The molecule has 1 saturated heterocycles. The maximum atomic E-state index is 12.9. The summed E-state index contributed by atoms with van der Waals surface area (Å²) in [6.45, 7) is 3.98. The molecule has 0 radical (unpaired) electrons. The number of rotatable bonds is 3. The Morgan fingerprint density at radius 2 is 1.88 bits per heavy atom. The molecule has 5 nitrogen and oxygen atoms in total. The Labute approximate surface area is 157 Å². The van der Waals surface area contributed by atoms with Crippen molar-refractivity contribution in [1.82, 2.24) is 4.90 Å². The number of amides is 2. The van der Waals surface area contributed by atoms with E-state index in [-0.39, 0.29) is 11.8 Å². The number of carbonyl (C=O) groups is 2. The van der Waals surface area contributed by atoms with Crippen LogP contribution in [0, 0.1) is 25.2 Å². The standard InChI is InChI=1S/C20H19N3O2S/c1-13-3-6-16(9-14(13)2)20(25)23-12-26-11-18(23)19(24)22-17-7-4-15(10-21)5-8-17/h3-9,18H,11-12H2,1-2H3,(H,22,24). The average molecular weight is 365 g/mol. The van der Waals surface area contributed by atoms with Crippen molar-refractivity contribution < 1.29 is 9.59 Å². The molecule has 1 atom stereocenters. The van der Waals surface area contributed by atoms with Gasteiger partial charge in [-0.2, -0.15) is 5.26 Å². The molecular formula is C20H19N3O2S. The third-order valence-corrected chi connectivity index (χ3v) is 5.49. The first-order valence-electron chi connectivity index (χ1n) is 8.26. The van der Waals surface area contributed by atoms with Gasteiger partial charge in [0.05, 0.1) is 17.5 Å². The molecule has 2 aromatic rings. The fourth-order valence-electron chi connectivity index (χ4n) is 2.75. The van der Waals surface area contributed by atoms with E-state index in [1.165, 1.54) is 0 Å². The first-order valence-corrected chi connectivity index (χ1v) is 9.42. The van der Waals surface area contributed by atoms with Crippen LogP contribution in [0.25, 0.3) is 0 Å². The van der Waals surface area contributed by atoms with Crippen LogP contribution >= 0.6 is 11.8 Å². The van der Waals surface area contributed by atoms with Gasteiger partial charge in [0.2, 0.25) is 5.91 Å². The van der Waals surface area contributed by atoms with Gasteiger partial charge in [0.1, 0.15) is 6.04 Å². The van der Waals surface area contributed by atoms with E-state index >= 15 is 0 Å². The number of thioether (sulfide) groups is 1. The second-order valence-corrected chi connectivity index (χ2v) is 7.27. The van der Waals surface area contributed by atoms with Crippen LogP contribution in [0.1, 0.15) is 27.0 Å². The largest absolute Gasteiger partial charge is 0.324 e. The van der Waals surface area contributed by atoms with Crippen molar-refractivity contribution in [2.75, 3.05) is 16.9 Å². The number of nitrogens with one attached hydrogen (secondary N) is 1. The van der Waals surface area contributed by atoms with E-state index < -0.39 is 6.04 Å². The van der Waals surface area contributed by atoms with Gasteiger partial charge in [0, 0.05) is 17.0 Å². The summed E-state index contributed by atoms with van der Waals surface area (Å²) in [5, 5.41) is 11.7. The zero-order valence-corrected chi connectivity index (χ0v) is 15.5. The number of anilines is 1. The number of nitriles is 1. The first-order chi connectivity index (χ1) is 12.5. The van der Waals surface area contributed by atoms with Crippen molar-refractivity contribution in [1.29, 1.82) is 5.26 Å². The molecule has 132 valence electrons. The summed E-state index contributed by atoms with van der Waals surface area (Å²) in [6, 6.07) is 13.8. The average Bonchev–Trinajstić information content (AvgIpc) is 3.14. The topological polar surface area (TPSA) is 73.2 Å². The highest BCUT2D eigenvalue weighted by Gasteiger charge is 2.35. The van der Waals surface area contributed by atoms with Gasteiger partial charge in [-0.15, -0.1) is 11.8 Å². The second kappa shape index (κ2) is 7.63. The lowest BCUT2D eigenvalue weighted by Crippen LogP contribution is -2.44. The van der Waals surface area contributed by atoms with Crippen molar-refractivity contribution >= 4 is 29.3 Å². The predicted octanol–water partition coefficient (Wildman–Crippen LogP) is 3.33. The van der Waals surface area contributed by atoms with Crippen LogP contribution in [0.4, 0.5) is 5.69 Å². The highest BCUT2D eigenvalue weighted by atomic mass is 32.2. The van der Waals surface area contributed by atoms with Crippen LogP contribution in [-0.2, 0) is 4.79 Å². The molecule has 1 aliphatic rings. The van der Waals surface area contributed by atoms with Gasteiger partial charge < -0.3 is 10.2 Å².